The average molecular weight is 309 g/mol. The molecule has 2 rings (SSSR count). The van der Waals surface area contributed by atoms with Crippen LogP contribution in [-0.2, 0) is 9.59 Å². The van der Waals surface area contributed by atoms with Crippen LogP contribution in [0.25, 0.3) is 0 Å². The van der Waals surface area contributed by atoms with E-state index in [-0.39, 0.29) is 23.8 Å². The number of aromatic nitrogens is 1. The maximum Gasteiger partial charge on any atom is 0.225 e. The van der Waals surface area contributed by atoms with Gasteiger partial charge in [-0.3, -0.25) is 9.59 Å². The Morgan fingerprint density at radius 1 is 1.43 bits per heavy atom. The summed E-state index contributed by atoms with van der Waals surface area (Å²) < 4.78 is 0. The van der Waals surface area contributed by atoms with Crippen molar-refractivity contribution in [3.05, 3.63) is 15.6 Å². The van der Waals surface area contributed by atoms with E-state index in [0.717, 1.165) is 35.0 Å². The summed E-state index contributed by atoms with van der Waals surface area (Å²) in [7, 11) is 0. The lowest BCUT2D eigenvalue weighted by molar-refractivity contribution is -0.134. The topological polar surface area (TPSA) is 62.3 Å². The number of rotatable bonds is 3. The minimum atomic E-state index is -0.0978. The Morgan fingerprint density at radius 2 is 2.14 bits per heavy atom. The number of nitrogens with one attached hydrogen (secondary N) is 1. The zero-order valence-corrected chi connectivity index (χ0v) is 13.9. The van der Waals surface area contributed by atoms with Crippen molar-refractivity contribution in [3.63, 3.8) is 0 Å². The van der Waals surface area contributed by atoms with E-state index in [2.05, 4.69) is 10.3 Å². The van der Waals surface area contributed by atoms with E-state index >= 15 is 0 Å². The molecular weight excluding hydrogens is 286 g/mol. The van der Waals surface area contributed by atoms with Crippen LogP contribution in [0, 0.1) is 19.8 Å². The molecule has 0 aliphatic carbocycles. The van der Waals surface area contributed by atoms with Crippen molar-refractivity contribution in [1.82, 2.24) is 15.2 Å². The van der Waals surface area contributed by atoms with Crippen LogP contribution in [0.3, 0.4) is 0 Å². The van der Waals surface area contributed by atoms with Gasteiger partial charge in [0.25, 0.3) is 0 Å². The number of carbonyl (C=O) groups is 2. The highest BCUT2D eigenvalue weighted by Gasteiger charge is 2.28. The molecule has 1 aliphatic rings. The van der Waals surface area contributed by atoms with Gasteiger partial charge in [-0.1, -0.05) is 0 Å². The standard InChI is InChI=1S/C15H23N3O2S/c1-9-14(21-11(3)16-9)10(2)17-15(20)13-6-5-7-18(8-13)12(4)19/h10,13H,5-8H2,1-4H3,(H,17,20)/t10-,13-/m0/s1. The fraction of sp³-hybridized carbons (Fsp3) is 0.667. The van der Waals surface area contributed by atoms with Crippen LogP contribution in [0.2, 0.25) is 0 Å². The number of likely N-dealkylation sites (tertiary alicyclic amines) is 1. The molecule has 2 heterocycles. The summed E-state index contributed by atoms with van der Waals surface area (Å²) in [5.74, 6) is -0.00666. The highest BCUT2D eigenvalue weighted by atomic mass is 32.1. The Bertz CT molecular complexity index is 541. The van der Waals surface area contributed by atoms with Gasteiger partial charge in [-0.05, 0) is 33.6 Å². The first-order valence-electron chi connectivity index (χ1n) is 7.38. The van der Waals surface area contributed by atoms with Crippen molar-refractivity contribution < 1.29 is 9.59 Å². The molecule has 2 atom stereocenters. The van der Waals surface area contributed by atoms with Crippen molar-refractivity contribution in [2.75, 3.05) is 13.1 Å². The molecule has 1 saturated heterocycles. The van der Waals surface area contributed by atoms with E-state index in [9.17, 15) is 9.59 Å². The van der Waals surface area contributed by atoms with Crippen LogP contribution in [0.5, 0.6) is 0 Å². The fourth-order valence-corrected chi connectivity index (χ4v) is 3.75. The first kappa shape index (κ1) is 15.9. The second-order valence-corrected chi connectivity index (χ2v) is 6.95. The van der Waals surface area contributed by atoms with E-state index in [1.807, 2.05) is 20.8 Å². The molecule has 0 saturated carbocycles. The lowest BCUT2D eigenvalue weighted by Crippen LogP contribution is -2.45. The second kappa shape index (κ2) is 6.56. The second-order valence-electron chi connectivity index (χ2n) is 5.72. The van der Waals surface area contributed by atoms with E-state index in [0.29, 0.717) is 6.54 Å². The Balaban J connectivity index is 1.97. The molecule has 6 heteroatoms. The summed E-state index contributed by atoms with van der Waals surface area (Å²) in [6.07, 6.45) is 1.74. The van der Waals surface area contributed by atoms with Gasteiger partial charge >= 0.3 is 0 Å². The Morgan fingerprint density at radius 3 is 2.71 bits per heavy atom. The van der Waals surface area contributed by atoms with E-state index in [1.165, 1.54) is 0 Å². The first-order valence-corrected chi connectivity index (χ1v) is 8.20. The molecule has 21 heavy (non-hydrogen) atoms. The third-order valence-electron chi connectivity index (χ3n) is 3.93. The number of aryl methyl sites for hydroxylation is 2. The number of amides is 2. The van der Waals surface area contributed by atoms with E-state index < -0.39 is 0 Å². The highest BCUT2D eigenvalue weighted by molar-refractivity contribution is 7.11. The van der Waals surface area contributed by atoms with Crippen molar-refractivity contribution in [3.8, 4) is 0 Å². The Hall–Kier alpha value is -1.43. The predicted molar refractivity (Wildman–Crippen MR) is 83.1 cm³/mol. The molecule has 1 fully saturated rings. The minimum absolute atomic E-state index is 0.0311. The molecule has 116 valence electrons. The number of thiazole rings is 1. The van der Waals surface area contributed by atoms with Crippen molar-refractivity contribution >= 4 is 23.2 Å². The minimum Gasteiger partial charge on any atom is -0.348 e. The molecular formula is C15H23N3O2S. The van der Waals surface area contributed by atoms with E-state index in [4.69, 9.17) is 0 Å². The third-order valence-corrected chi connectivity index (χ3v) is 5.18. The van der Waals surface area contributed by atoms with Gasteiger partial charge in [0, 0.05) is 24.9 Å². The zero-order valence-electron chi connectivity index (χ0n) is 13.1. The van der Waals surface area contributed by atoms with Gasteiger partial charge in [-0.15, -0.1) is 11.3 Å². The van der Waals surface area contributed by atoms with E-state index in [1.54, 1.807) is 23.2 Å². The normalized spacial score (nSPS) is 20.2. The fourth-order valence-electron chi connectivity index (χ4n) is 2.82. The Kier molecular flexibility index (Phi) is 4.98. The zero-order chi connectivity index (χ0) is 15.6. The van der Waals surface area contributed by atoms with Crippen molar-refractivity contribution in [2.45, 2.75) is 46.6 Å². The highest BCUT2D eigenvalue weighted by Crippen LogP contribution is 2.25. The maximum atomic E-state index is 12.4. The van der Waals surface area contributed by atoms with Crippen LogP contribution in [-0.4, -0.2) is 34.8 Å². The van der Waals surface area contributed by atoms with Gasteiger partial charge in [0.05, 0.1) is 22.7 Å². The molecule has 5 nitrogen and oxygen atoms in total. The third kappa shape index (κ3) is 3.81. The van der Waals surface area contributed by atoms with Crippen LogP contribution in [0.1, 0.15) is 48.3 Å². The summed E-state index contributed by atoms with van der Waals surface area (Å²) in [6.45, 7) is 8.80. The van der Waals surface area contributed by atoms with Gasteiger partial charge in [-0.25, -0.2) is 4.98 Å². The molecule has 0 aromatic carbocycles. The predicted octanol–water partition coefficient (Wildman–Crippen LogP) is 2.20. The molecule has 1 aliphatic heterocycles. The number of piperidine rings is 1. The molecule has 2 amide bonds. The van der Waals surface area contributed by atoms with Crippen molar-refractivity contribution in [1.29, 1.82) is 0 Å². The molecule has 0 radical (unpaired) electrons. The summed E-state index contributed by atoms with van der Waals surface area (Å²) in [4.78, 5) is 31.1. The molecule has 1 N–H and O–H groups in total. The number of hydrogen-bond acceptors (Lipinski definition) is 4. The lowest BCUT2D eigenvalue weighted by atomic mass is 9.96. The molecule has 0 bridgehead atoms. The average Bonchev–Trinajstić information content (AvgIpc) is 2.77. The summed E-state index contributed by atoms with van der Waals surface area (Å²) >= 11 is 1.63. The van der Waals surface area contributed by atoms with Crippen molar-refractivity contribution in [2.24, 2.45) is 5.92 Å². The van der Waals surface area contributed by atoms with Gasteiger partial charge in [0.1, 0.15) is 0 Å². The maximum absolute atomic E-state index is 12.4. The summed E-state index contributed by atoms with van der Waals surface area (Å²) in [6, 6.07) is -0.0311. The SMILES string of the molecule is CC(=O)N1CCC[C@H](C(=O)N[C@@H](C)c2sc(C)nc2C)C1. The van der Waals surface area contributed by atoms with Gasteiger partial charge in [0.2, 0.25) is 11.8 Å². The van der Waals surface area contributed by atoms with Crippen LogP contribution in [0.4, 0.5) is 0 Å². The van der Waals surface area contributed by atoms with Crippen LogP contribution >= 0.6 is 11.3 Å². The lowest BCUT2D eigenvalue weighted by Gasteiger charge is -2.31. The van der Waals surface area contributed by atoms with Crippen LogP contribution in [0.15, 0.2) is 0 Å². The number of nitrogens with zero attached hydrogens (tertiary/aromatic N) is 2. The molecule has 1 aromatic rings. The van der Waals surface area contributed by atoms with Gasteiger partial charge in [-0.2, -0.15) is 0 Å². The molecule has 0 spiro atoms. The molecule has 0 unspecified atom stereocenters. The Labute approximate surface area is 129 Å². The quantitative estimate of drug-likeness (QED) is 0.931. The number of carbonyl (C=O) groups excluding carboxylic acids is 2. The van der Waals surface area contributed by atoms with Crippen LogP contribution < -0.4 is 5.32 Å². The number of hydrogen-bond donors (Lipinski definition) is 1. The molecule has 1 aromatic heterocycles. The summed E-state index contributed by atoms with van der Waals surface area (Å²) in [5.41, 5.74) is 0.985. The monoisotopic (exact) mass is 309 g/mol. The summed E-state index contributed by atoms with van der Waals surface area (Å²) in [5, 5.41) is 4.09. The largest absolute Gasteiger partial charge is 0.348 e. The van der Waals surface area contributed by atoms with Gasteiger partial charge in [0.15, 0.2) is 0 Å². The first-order chi connectivity index (χ1) is 9.88. The van der Waals surface area contributed by atoms with Gasteiger partial charge < -0.3 is 10.2 Å². The smallest absolute Gasteiger partial charge is 0.225 e.